The van der Waals surface area contributed by atoms with E-state index in [4.69, 9.17) is 0 Å². The van der Waals surface area contributed by atoms with Gasteiger partial charge < -0.3 is 15.2 Å². The minimum Gasteiger partial charge on any atom is -0.355 e. The minimum atomic E-state index is -0.463. The van der Waals surface area contributed by atoms with Crippen LogP contribution in [0.3, 0.4) is 0 Å². The van der Waals surface area contributed by atoms with Crippen molar-refractivity contribution in [3.05, 3.63) is 68.6 Å². The molecule has 2 heterocycles. The Morgan fingerprint density at radius 1 is 1.21 bits per heavy atom. The van der Waals surface area contributed by atoms with Crippen molar-refractivity contribution in [3.63, 3.8) is 0 Å². The molecule has 0 saturated heterocycles. The topological polar surface area (TPSA) is 80.2 Å². The monoisotopic (exact) mass is 415 g/mol. The van der Waals surface area contributed by atoms with Gasteiger partial charge in [-0.3, -0.25) is 14.4 Å². The second-order valence-electron chi connectivity index (χ2n) is 7.76. The van der Waals surface area contributed by atoms with Gasteiger partial charge in [0.15, 0.2) is 5.78 Å². The molecule has 0 bridgehead atoms. The van der Waals surface area contributed by atoms with Gasteiger partial charge in [-0.1, -0.05) is 18.2 Å². The van der Waals surface area contributed by atoms with Gasteiger partial charge in [0, 0.05) is 31.8 Å². The van der Waals surface area contributed by atoms with Gasteiger partial charge in [-0.2, -0.15) is 0 Å². The number of aromatic nitrogens is 1. The number of hydrogen-bond donors (Lipinski definition) is 2. The molecule has 1 saturated carbocycles. The molecule has 29 heavy (non-hydrogen) atoms. The van der Waals surface area contributed by atoms with E-state index in [9.17, 15) is 14.4 Å². The Bertz CT molecular complexity index is 995. The summed E-state index contributed by atoms with van der Waals surface area (Å²) in [5.74, 6) is -0.0185. The highest BCUT2D eigenvalue weighted by Gasteiger charge is 2.26. The van der Waals surface area contributed by atoms with Crippen molar-refractivity contribution in [2.75, 3.05) is 13.6 Å². The largest absolute Gasteiger partial charge is 0.355 e. The fourth-order valence-electron chi connectivity index (χ4n) is 3.73. The van der Waals surface area contributed by atoms with E-state index < -0.39 is 5.91 Å². The van der Waals surface area contributed by atoms with E-state index in [1.807, 2.05) is 6.07 Å². The van der Waals surface area contributed by atoms with Crippen molar-refractivity contribution in [1.82, 2.24) is 15.2 Å². The zero-order valence-electron chi connectivity index (χ0n) is 16.5. The number of carbonyl (C=O) groups is 2. The van der Waals surface area contributed by atoms with Gasteiger partial charge >= 0.3 is 0 Å². The average molecular weight is 416 g/mol. The molecular weight excluding hydrogens is 390 g/mol. The highest BCUT2D eigenvalue weighted by Crippen LogP contribution is 2.33. The van der Waals surface area contributed by atoms with Crippen molar-refractivity contribution in [3.8, 4) is 0 Å². The van der Waals surface area contributed by atoms with Gasteiger partial charge in [-0.15, -0.1) is 12.4 Å². The van der Waals surface area contributed by atoms with E-state index >= 15 is 0 Å². The summed E-state index contributed by atoms with van der Waals surface area (Å²) in [4.78, 5) is 37.7. The average Bonchev–Trinajstić information content (AvgIpc) is 3.52. The second kappa shape index (κ2) is 8.93. The molecule has 0 spiro atoms. The molecule has 2 aromatic rings. The number of fused-ring (bicyclic) bond motifs is 1. The van der Waals surface area contributed by atoms with Gasteiger partial charge in [0.1, 0.15) is 5.56 Å². The first-order valence-electron chi connectivity index (χ1n) is 9.86. The molecule has 1 aliphatic carbocycles. The Kier molecular flexibility index (Phi) is 6.55. The number of hydrogen-bond acceptors (Lipinski definition) is 4. The van der Waals surface area contributed by atoms with E-state index in [2.05, 4.69) is 22.8 Å². The zero-order chi connectivity index (χ0) is 19.7. The molecule has 1 amide bonds. The number of amides is 1. The van der Waals surface area contributed by atoms with Crippen molar-refractivity contribution < 1.29 is 9.59 Å². The number of halogens is 1. The van der Waals surface area contributed by atoms with Crippen molar-refractivity contribution >= 4 is 24.1 Å². The second-order valence-corrected chi connectivity index (χ2v) is 7.76. The minimum absolute atomic E-state index is 0. The van der Waals surface area contributed by atoms with Crippen LogP contribution in [0.1, 0.15) is 56.7 Å². The van der Waals surface area contributed by atoms with Crippen LogP contribution in [0.5, 0.6) is 0 Å². The highest BCUT2D eigenvalue weighted by atomic mass is 35.5. The smallest absolute Gasteiger partial charge is 0.263 e. The maximum atomic E-state index is 12.9. The third-order valence-electron chi connectivity index (χ3n) is 5.56. The fraction of sp³-hybridized carbons (Fsp3) is 0.409. The van der Waals surface area contributed by atoms with E-state index in [1.54, 1.807) is 6.20 Å². The molecule has 1 aliphatic heterocycles. The number of pyridine rings is 1. The van der Waals surface area contributed by atoms with Gasteiger partial charge in [-0.05, 0) is 54.5 Å². The molecule has 0 radical (unpaired) electrons. The molecule has 6 nitrogen and oxygen atoms in total. The fourth-order valence-corrected chi connectivity index (χ4v) is 3.73. The van der Waals surface area contributed by atoms with Crippen LogP contribution < -0.4 is 16.2 Å². The van der Waals surface area contributed by atoms with Gasteiger partial charge in [0.2, 0.25) is 0 Å². The van der Waals surface area contributed by atoms with Crippen LogP contribution in [-0.2, 0) is 19.5 Å². The summed E-state index contributed by atoms with van der Waals surface area (Å²) in [6.07, 6.45) is 5.25. The van der Waals surface area contributed by atoms with Crippen molar-refractivity contribution in [2.24, 2.45) is 5.92 Å². The Morgan fingerprint density at radius 3 is 2.72 bits per heavy atom. The number of Topliss-reactive ketones (excluding diaryl/α,β-unsaturated/α-hetero) is 1. The quantitative estimate of drug-likeness (QED) is 0.709. The maximum Gasteiger partial charge on any atom is 0.263 e. The molecule has 4 rings (SSSR count). The predicted octanol–water partition coefficient (Wildman–Crippen LogP) is 2.31. The van der Waals surface area contributed by atoms with Crippen LogP contribution >= 0.6 is 12.4 Å². The van der Waals surface area contributed by atoms with E-state index in [1.165, 1.54) is 28.8 Å². The van der Waals surface area contributed by atoms with Crippen LogP contribution in [0, 0.1) is 5.92 Å². The summed E-state index contributed by atoms with van der Waals surface area (Å²) in [5, 5.41) is 5.86. The molecule has 0 unspecified atom stereocenters. The molecule has 1 aromatic carbocycles. The van der Waals surface area contributed by atoms with Crippen LogP contribution in [0.2, 0.25) is 0 Å². The third kappa shape index (κ3) is 4.77. The first-order valence-corrected chi connectivity index (χ1v) is 9.86. The molecule has 2 aliphatic rings. The van der Waals surface area contributed by atoms with E-state index in [0.717, 1.165) is 37.9 Å². The molecule has 2 N–H and O–H groups in total. The van der Waals surface area contributed by atoms with E-state index in [0.29, 0.717) is 24.4 Å². The summed E-state index contributed by atoms with van der Waals surface area (Å²) in [5.41, 5.74) is 3.63. The Labute approximate surface area is 176 Å². The zero-order valence-corrected chi connectivity index (χ0v) is 17.3. The predicted molar refractivity (Wildman–Crippen MR) is 114 cm³/mol. The third-order valence-corrected chi connectivity index (χ3v) is 5.56. The lowest BCUT2D eigenvalue weighted by Crippen LogP contribution is -2.32. The number of ketones is 1. The van der Waals surface area contributed by atoms with Crippen LogP contribution in [0.15, 0.2) is 35.3 Å². The standard InChI is InChI=1S/C22H25N3O3.ClH/c1-23-21(27)19-10-18(20(26)9-14-2-3-14)13-25(22(19)28)12-15-4-5-16-6-7-24-11-17(16)8-15;/h4-5,8,10,13-14,24H,2-3,6-7,9,11-12H2,1H3,(H,23,27);1H. The Hall–Kier alpha value is -2.44. The van der Waals surface area contributed by atoms with Crippen LogP contribution in [-0.4, -0.2) is 29.8 Å². The van der Waals surface area contributed by atoms with Crippen LogP contribution in [0.25, 0.3) is 0 Å². The summed E-state index contributed by atoms with van der Waals surface area (Å²) < 4.78 is 1.49. The summed E-state index contributed by atoms with van der Waals surface area (Å²) in [6.45, 7) is 2.13. The molecule has 1 aromatic heterocycles. The number of rotatable bonds is 6. The summed E-state index contributed by atoms with van der Waals surface area (Å²) in [6, 6.07) is 7.68. The summed E-state index contributed by atoms with van der Waals surface area (Å²) in [7, 11) is 1.49. The molecular formula is C22H26ClN3O3. The first-order chi connectivity index (χ1) is 13.5. The van der Waals surface area contributed by atoms with Gasteiger partial charge in [0.05, 0.1) is 6.54 Å². The van der Waals surface area contributed by atoms with Gasteiger partial charge in [-0.25, -0.2) is 0 Å². The summed E-state index contributed by atoms with van der Waals surface area (Å²) >= 11 is 0. The lowest BCUT2D eigenvalue weighted by Gasteiger charge is -2.18. The number of nitrogens with one attached hydrogen (secondary N) is 2. The highest BCUT2D eigenvalue weighted by molar-refractivity contribution is 6.00. The van der Waals surface area contributed by atoms with Gasteiger partial charge in [0.25, 0.3) is 11.5 Å². The Balaban J connectivity index is 0.00000240. The number of benzene rings is 1. The Morgan fingerprint density at radius 2 is 2.00 bits per heavy atom. The van der Waals surface area contributed by atoms with E-state index in [-0.39, 0.29) is 29.3 Å². The SMILES string of the molecule is CNC(=O)c1cc(C(=O)CC2CC2)cn(Cc2ccc3c(c2)CNCC3)c1=O.Cl. The molecule has 0 atom stereocenters. The first kappa shape index (κ1) is 21.3. The number of nitrogens with zero attached hydrogens (tertiary/aromatic N) is 1. The molecule has 1 fully saturated rings. The van der Waals surface area contributed by atoms with Crippen molar-refractivity contribution in [2.45, 2.75) is 38.8 Å². The molecule has 154 valence electrons. The van der Waals surface area contributed by atoms with Crippen molar-refractivity contribution in [1.29, 1.82) is 0 Å². The molecule has 7 heteroatoms. The lowest BCUT2D eigenvalue weighted by molar-refractivity contribution is 0.0961. The lowest BCUT2D eigenvalue weighted by atomic mass is 9.98. The maximum absolute atomic E-state index is 12.9. The number of carbonyl (C=O) groups excluding carboxylic acids is 2. The van der Waals surface area contributed by atoms with Crippen LogP contribution in [0.4, 0.5) is 0 Å². The normalized spacial score (nSPS) is 15.2.